The first kappa shape index (κ1) is 14.9. The van der Waals surface area contributed by atoms with Crippen molar-refractivity contribution in [3.63, 3.8) is 0 Å². The van der Waals surface area contributed by atoms with Crippen LogP contribution in [0.2, 0.25) is 0 Å². The summed E-state index contributed by atoms with van der Waals surface area (Å²) in [6.45, 7) is 0. The van der Waals surface area contributed by atoms with Gasteiger partial charge in [0.25, 0.3) is 5.91 Å². The number of carbonyl (C=O) groups excluding carboxylic acids is 1. The van der Waals surface area contributed by atoms with Gasteiger partial charge in [-0.3, -0.25) is 4.79 Å². The molecule has 1 amide bonds. The molecule has 0 heterocycles. The van der Waals surface area contributed by atoms with Crippen LogP contribution >= 0.6 is 0 Å². The number of hydrogen-bond acceptors (Lipinski definition) is 1. The van der Waals surface area contributed by atoms with Crippen molar-refractivity contribution in [1.82, 2.24) is 4.90 Å². The van der Waals surface area contributed by atoms with E-state index in [1.165, 1.54) is 23.1 Å². The van der Waals surface area contributed by atoms with Gasteiger partial charge in [-0.05, 0) is 25.0 Å². The predicted octanol–water partition coefficient (Wildman–Crippen LogP) is 4.11. The van der Waals surface area contributed by atoms with E-state index in [-0.39, 0.29) is 11.6 Å². The molecule has 1 aromatic rings. The fourth-order valence-corrected chi connectivity index (χ4v) is 2.74. The minimum atomic E-state index is -4.50. The minimum absolute atomic E-state index is 0.0533. The molecule has 20 heavy (non-hydrogen) atoms. The molecule has 110 valence electrons. The molecule has 0 unspecified atom stereocenters. The molecule has 1 aliphatic carbocycles. The van der Waals surface area contributed by atoms with Gasteiger partial charge in [0.1, 0.15) is 0 Å². The van der Waals surface area contributed by atoms with Gasteiger partial charge < -0.3 is 4.90 Å². The molecular formula is C15H18F3NO. The Morgan fingerprint density at radius 3 is 2.35 bits per heavy atom. The van der Waals surface area contributed by atoms with E-state index in [9.17, 15) is 18.0 Å². The summed E-state index contributed by atoms with van der Waals surface area (Å²) in [5, 5.41) is 0. The van der Waals surface area contributed by atoms with Gasteiger partial charge in [-0.15, -0.1) is 0 Å². The second kappa shape index (κ2) is 5.85. The first-order valence-electron chi connectivity index (χ1n) is 6.84. The summed E-state index contributed by atoms with van der Waals surface area (Å²) in [4.78, 5) is 13.8. The largest absolute Gasteiger partial charge is 0.417 e. The van der Waals surface area contributed by atoms with Crippen LogP contribution in [-0.2, 0) is 6.18 Å². The molecule has 1 aromatic carbocycles. The Morgan fingerprint density at radius 2 is 1.75 bits per heavy atom. The third-order valence-corrected chi connectivity index (χ3v) is 3.91. The van der Waals surface area contributed by atoms with Crippen LogP contribution in [0.5, 0.6) is 0 Å². The van der Waals surface area contributed by atoms with Crippen molar-refractivity contribution in [3.05, 3.63) is 35.4 Å². The van der Waals surface area contributed by atoms with Gasteiger partial charge in [0.05, 0.1) is 11.1 Å². The molecule has 0 saturated heterocycles. The van der Waals surface area contributed by atoms with Crippen LogP contribution in [0.15, 0.2) is 24.3 Å². The zero-order chi connectivity index (χ0) is 14.8. The lowest BCUT2D eigenvalue weighted by atomic mass is 9.93. The minimum Gasteiger partial charge on any atom is -0.339 e. The highest BCUT2D eigenvalue weighted by molar-refractivity contribution is 5.96. The summed E-state index contributed by atoms with van der Waals surface area (Å²) in [5.41, 5.74) is -1.11. The molecule has 5 heteroatoms. The lowest BCUT2D eigenvalue weighted by Gasteiger charge is -2.31. The van der Waals surface area contributed by atoms with Crippen molar-refractivity contribution in [2.24, 2.45) is 0 Å². The second-order valence-electron chi connectivity index (χ2n) is 5.25. The average Bonchev–Trinajstić information content (AvgIpc) is 2.46. The fraction of sp³-hybridized carbons (Fsp3) is 0.533. The monoisotopic (exact) mass is 285 g/mol. The molecule has 1 saturated carbocycles. The van der Waals surface area contributed by atoms with E-state index in [0.717, 1.165) is 38.2 Å². The summed E-state index contributed by atoms with van der Waals surface area (Å²) in [6.07, 6.45) is 0.441. The second-order valence-corrected chi connectivity index (χ2v) is 5.25. The normalized spacial score (nSPS) is 17.0. The van der Waals surface area contributed by atoms with Crippen LogP contribution in [0.3, 0.4) is 0 Å². The van der Waals surface area contributed by atoms with Crippen molar-refractivity contribution < 1.29 is 18.0 Å². The number of carbonyl (C=O) groups is 1. The lowest BCUT2D eigenvalue weighted by Crippen LogP contribution is -2.39. The molecule has 0 aliphatic heterocycles. The number of rotatable bonds is 2. The number of halogens is 3. The molecule has 0 bridgehead atoms. The van der Waals surface area contributed by atoms with Gasteiger partial charge >= 0.3 is 6.18 Å². The van der Waals surface area contributed by atoms with E-state index in [1.54, 1.807) is 7.05 Å². The van der Waals surface area contributed by atoms with E-state index in [1.807, 2.05) is 0 Å². The van der Waals surface area contributed by atoms with Gasteiger partial charge in [-0.2, -0.15) is 13.2 Å². The van der Waals surface area contributed by atoms with Crippen LogP contribution in [0.25, 0.3) is 0 Å². The van der Waals surface area contributed by atoms with Crippen LogP contribution in [0.4, 0.5) is 13.2 Å². The van der Waals surface area contributed by atoms with Gasteiger partial charge in [-0.25, -0.2) is 0 Å². The van der Waals surface area contributed by atoms with E-state index < -0.39 is 17.6 Å². The maximum absolute atomic E-state index is 12.9. The third kappa shape index (κ3) is 3.14. The van der Waals surface area contributed by atoms with Crippen molar-refractivity contribution in [2.75, 3.05) is 7.05 Å². The molecule has 0 N–H and O–H groups in total. The third-order valence-electron chi connectivity index (χ3n) is 3.91. The first-order chi connectivity index (χ1) is 9.41. The Bertz CT molecular complexity index is 478. The predicted molar refractivity (Wildman–Crippen MR) is 70.4 cm³/mol. The number of benzene rings is 1. The maximum atomic E-state index is 12.9. The molecule has 2 rings (SSSR count). The highest BCUT2D eigenvalue weighted by atomic mass is 19.4. The zero-order valence-corrected chi connectivity index (χ0v) is 11.4. The molecule has 0 atom stereocenters. The van der Waals surface area contributed by atoms with Crippen LogP contribution in [-0.4, -0.2) is 23.9 Å². The van der Waals surface area contributed by atoms with Gasteiger partial charge in [0.2, 0.25) is 0 Å². The van der Waals surface area contributed by atoms with E-state index >= 15 is 0 Å². The van der Waals surface area contributed by atoms with E-state index in [4.69, 9.17) is 0 Å². The Morgan fingerprint density at radius 1 is 1.15 bits per heavy atom. The fourth-order valence-electron chi connectivity index (χ4n) is 2.74. The summed E-state index contributed by atoms with van der Waals surface area (Å²) in [5.74, 6) is -0.537. The number of hydrogen-bond donors (Lipinski definition) is 0. The van der Waals surface area contributed by atoms with Crippen molar-refractivity contribution in [2.45, 2.75) is 44.3 Å². The Labute approximate surface area is 116 Å². The molecule has 1 aliphatic rings. The van der Waals surface area contributed by atoms with Crippen molar-refractivity contribution in [3.8, 4) is 0 Å². The number of nitrogens with zero attached hydrogens (tertiary/aromatic N) is 1. The van der Waals surface area contributed by atoms with E-state index in [0.29, 0.717) is 0 Å². The Balaban J connectivity index is 2.24. The SMILES string of the molecule is CN(C(=O)c1ccccc1C(F)(F)F)C1CCCCC1. The molecular weight excluding hydrogens is 267 g/mol. The zero-order valence-electron chi connectivity index (χ0n) is 11.4. The highest BCUT2D eigenvalue weighted by Gasteiger charge is 2.36. The quantitative estimate of drug-likeness (QED) is 0.800. The first-order valence-corrected chi connectivity index (χ1v) is 6.84. The maximum Gasteiger partial charge on any atom is 0.417 e. The Kier molecular flexibility index (Phi) is 4.35. The van der Waals surface area contributed by atoms with Crippen LogP contribution < -0.4 is 0 Å². The van der Waals surface area contributed by atoms with Crippen molar-refractivity contribution >= 4 is 5.91 Å². The summed E-state index contributed by atoms with van der Waals surface area (Å²) in [7, 11) is 1.60. The van der Waals surface area contributed by atoms with Crippen molar-refractivity contribution in [1.29, 1.82) is 0 Å². The molecule has 0 spiro atoms. The summed E-state index contributed by atoms with van der Waals surface area (Å²) >= 11 is 0. The van der Waals surface area contributed by atoms with Crippen LogP contribution in [0.1, 0.15) is 48.0 Å². The lowest BCUT2D eigenvalue weighted by molar-refractivity contribution is -0.138. The average molecular weight is 285 g/mol. The highest BCUT2D eigenvalue weighted by Crippen LogP contribution is 2.33. The van der Waals surface area contributed by atoms with Gasteiger partial charge in [0, 0.05) is 13.1 Å². The molecule has 2 nitrogen and oxygen atoms in total. The van der Waals surface area contributed by atoms with E-state index in [2.05, 4.69) is 0 Å². The number of amides is 1. The van der Waals surface area contributed by atoms with Gasteiger partial charge in [0.15, 0.2) is 0 Å². The topological polar surface area (TPSA) is 20.3 Å². The summed E-state index contributed by atoms with van der Waals surface area (Å²) in [6, 6.07) is 5.04. The molecule has 0 radical (unpaired) electrons. The standard InChI is InChI=1S/C15H18F3NO/c1-19(11-7-3-2-4-8-11)14(20)12-9-5-6-10-13(12)15(16,17)18/h5-6,9-11H,2-4,7-8H2,1H3. The van der Waals surface area contributed by atoms with Crippen LogP contribution in [0, 0.1) is 0 Å². The van der Waals surface area contributed by atoms with Gasteiger partial charge in [-0.1, -0.05) is 31.4 Å². The molecule has 0 aromatic heterocycles. The Hall–Kier alpha value is -1.52. The smallest absolute Gasteiger partial charge is 0.339 e. The molecule has 1 fully saturated rings. The number of alkyl halides is 3. The summed E-state index contributed by atoms with van der Waals surface area (Å²) < 4.78 is 38.8.